The molecule has 0 spiro atoms. The molecule has 0 radical (unpaired) electrons. The molecule has 0 heterocycles. The minimum Gasteiger partial charge on any atom is -0.469 e. The van der Waals surface area contributed by atoms with Gasteiger partial charge in [-0.2, -0.15) is 0 Å². The van der Waals surface area contributed by atoms with E-state index in [4.69, 9.17) is 9.47 Å². The number of carbonyl (C=O) groups excluding carboxylic acids is 3. The van der Waals surface area contributed by atoms with Gasteiger partial charge in [-0.1, -0.05) is 46.8 Å². The molecule has 5 rings (SSSR count). The number of esters is 2. The molecule has 0 aliphatic heterocycles. The molecule has 5 fully saturated rings. The molecule has 212 valence electrons. The first-order chi connectivity index (χ1) is 17.7. The van der Waals surface area contributed by atoms with Crippen molar-refractivity contribution < 1.29 is 23.9 Å². The van der Waals surface area contributed by atoms with Crippen LogP contribution in [0.1, 0.15) is 99.8 Å². The van der Waals surface area contributed by atoms with E-state index >= 15 is 0 Å². The van der Waals surface area contributed by atoms with E-state index in [1.807, 2.05) is 0 Å². The molecule has 0 saturated heterocycles. The van der Waals surface area contributed by atoms with E-state index < -0.39 is 5.41 Å². The van der Waals surface area contributed by atoms with Gasteiger partial charge < -0.3 is 14.3 Å². The lowest BCUT2D eigenvalue weighted by molar-refractivity contribution is -0.226. The third-order valence-electron chi connectivity index (χ3n) is 13.9. The van der Waals surface area contributed by atoms with Gasteiger partial charge in [0.15, 0.2) is 0 Å². The SMILES string of the molecule is C=C(C)C1CCC2(C(=O)OC)CCC3(C)C(CCC4C5(C)C(C=O)C(OC(C)=O)C(C)(C)C5CCC43C)C12. The molecule has 5 saturated carbocycles. The van der Waals surface area contributed by atoms with Crippen molar-refractivity contribution in [3.63, 3.8) is 0 Å². The van der Waals surface area contributed by atoms with Gasteiger partial charge in [-0.15, -0.1) is 0 Å². The molecule has 38 heavy (non-hydrogen) atoms. The Bertz CT molecular complexity index is 1050. The van der Waals surface area contributed by atoms with Crippen molar-refractivity contribution in [1.29, 1.82) is 0 Å². The fourth-order valence-electron chi connectivity index (χ4n) is 12.2. The molecule has 0 amide bonds. The summed E-state index contributed by atoms with van der Waals surface area (Å²) in [6, 6.07) is 0. The second-order valence-corrected chi connectivity index (χ2v) is 15.2. The first-order valence-corrected chi connectivity index (χ1v) is 15.0. The van der Waals surface area contributed by atoms with Crippen LogP contribution in [0.4, 0.5) is 0 Å². The molecular formula is C33H50O5. The largest absolute Gasteiger partial charge is 0.469 e. The van der Waals surface area contributed by atoms with E-state index in [0.717, 1.165) is 57.7 Å². The van der Waals surface area contributed by atoms with Gasteiger partial charge in [-0.3, -0.25) is 9.59 Å². The lowest BCUT2D eigenvalue weighted by atomic mass is 9.34. The van der Waals surface area contributed by atoms with Crippen LogP contribution >= 0.6 is 0 Å². The van der Waals surface area contributed by atoms with Gasteiger partial charge in [0.25, 0.3) is 0 Å². The minimum absolute atomic E-state index is 0.0148. The van der Waals surface area contributed by atoms with E-state index in [-0.39, 0.29) is 51.5 Å². The number of methoxy groups -OCH3 is 1. The van der Waals surface area contributed by atoms with Crippen molar-refractivity contribution in [2.24, 2.45) is 62.6 Å². The van der Waals surface area contributed by atoms with Crippen molar-refractivity contribution in [3.8, 4) is 0 Å². The topological polar surface area (TPSA) is 69.7 Å². The second kappa shape index (κ2) is 8.67. The average molecular weight is 527 g/mol. The van der Waals surface area contributed by atoms with Crippen molar-refractivity contribution in [1.82, 2.24) is 0 Å². The fraction of sp³-hybridized carbons (Fsp3) is 0.848. The first-order valence-electron chi connectivity index (χ1n) is 15.0. The molecule has 11 atom stereocenters. The zero-order chi connectivity index (χ0) is 28.1. The third kappa shape index (κ3) is 3.20. The Kier molecular flexibility index (Phi) is 6.37. The number of carbonyl (C=O) groups is 3. The Balaban J connectivity index is 1.59. The van der Waals surface area contributed by atoms with Crippen molar-refractivity contribution in [2.75, 3.05) is 7.11 Å². The highest BCUT2D eigenvalue weighted by Crippen LogP contribution is 2.79. The van der Waals surface area contributed by atoms with Crippen LogP contribution in [0.5, 0.6) is 0 Å². The van der Waals surface area contributed by atoms with Crippen LogP contribution in [0.3, 0.4) is 0 Å². The van der Waals surface area contributed by atoms with Gasteiger partial charge in [0.05, 0.1) is 18.4 Å². The summed E-state index contributed by atoms with van der Waals surface area (Å²) in [4.78, 5) is 38.4. The van der Waals surface area contributed by atoms with Gasteiger partial charge in [0.2, 0.25) is 0 Å². The lowest BCUT2D eigenvalue weighted by Crippen LogP contribution is -2.65. The maximum atomic E-state index is 13.4. The number of hydrogen-bond donors (Lipinski definition) is 0. The number of allylic oxidation sites excluding steroid dienone is 1. The quantitative estimate of drug-likeness (QED) is 0.229. The van der Waals surface area contributed by atoms with Gasteiger partial charge in [-0.25, -0.2) is 0 Å². The molecule has 0 aromatic rings. The number of hydrogen-bond acceptors (Lipinski definition) is 5. The van der Waals surface area contributed by atoms with Crippen LogP contribution < -0.4 is 0 Å². The average Bonchev–Trinajstić information content (AvgIpc) is 3.31. The van der Waals surface area contributed by atoms with Crippen LogP contribution in [0.25, 0.3) is 0 Å². The highest BCUT2D eigenvalue weighted by Gasteiger charge is 2.75. The molecule has 5 aliphatic rings. The summed E-state index contributed by atoms with van der Waals surface area (Å²) in [5.74, 6) is 1.11. The van der Waals surface area contributed by atoms with Crippen molar-refractivity contribution in [3.05, 3.63) is 12.2 Å². The molecule has 5 heteroatoms. The van der Waals surface area contributed by atoms with Gasteiger partial charge >= 0.3 is 11.9 Å². The Hall–Kier alpha value is -1.65. The third-order valence-corrected chi connectivity index (χ3v) is 13.9. The standard InChI is InChI=1S/C33H50O5/c1-19(2)21-12-15-33(28(36)37-9)17-16-30(6)22(26(21)33)10-11-25-31(30,7)14-13-24-29(4,5)27(38-20(3)35)23(18-34)32(24,25)8/h18,21-27H,1,10-17H2,2-9H3. The molecule has 0 aromatic heterocycles. The summed E-state index contributed by atoms with van der Waals surface area (Å²) in [5.41, 5.74) is 0.417. The molecule has 0 aromatic carbocycles. The van der Waals surface area contributed by atoms with E-state index in [1.54, 1.807) is 7.11 Å². The molecule has 0 N–H and O–H groups in total. The highest BCUT2D eigenvalue weighted by atomic mass is 16.5. The number of fused-ring (bicyclic) bond motifs is 7. The van der Waals surface area contributed by atoms with Crippen LogP contribution in [0.15, 0.2) is 12.2 Å². The predicted octanol–water partition coefficient (Wildman–Crippen LogP) is 6.78. The number of aldehydes is 1. The molecular weight excluding hydrogens is 476 g/mol. The van der Waals surface area contributed by atoms with Gasteiger partial charge in [0.1, 0.15) is 12.4 Å². The Labute approximate surface area is 229 Å². The number of rotatable bonds is 4. The summed E-state index contributed by atoms with van der Waals surface area (Å²) >= 11 is 0. The minimum atomic E-state index is -0.395. The monoisotopic (exact) mass is 526 g/mol. The second-order valence-electron chi connectivity index (χ2n) is 15.2. The first kappa shape index (κ1) is 27.9. The summed E-state index contributed by atoms with van der Waals surface area (Å²) in [7, 11) is 1.55. The Morgan fingerprint density at radius 2 is 1.55 bits per heavy atom. The van der Waals surface area contributed by atoms with E-state index in [1.165, 1.54) is 12.5 Å². The summed E-state index contributed by atoms with van der Waals surface area (Å²) in [6.07, 6.45) is 8.82. The van der Waals surface area contributed by atoms with Crippen molar-refractivity contribution >= 4 is 18.2 Å². The van der Waals surface area contributed by atoms with Crippen LogP contribution in [0, 0.1) is 62.6 Å². The van der Waals surface area contributed by atoms with Gasteiger partial charge in [0, 0.05) is 12.3 Å². The normalized spacial score (nSPS) is 50.6. The van der Waals surface area contributed by atoms with Gasteiger partial charge in [-0.05, 0) is 104 Å². The van der Waals surface area contributed by atoms with Crippen molar-refractivity contribution in [2.45, 2.75) is 106 Å². The Morgan fingerprint density at radius 1 is 0.868 bits per heavy atom. The smallest absolute Gasteiger partial charge is 0.312 e. The fourth-order valence-corrected chi connectivity index (χ4v) is 12.2. The maximum absolute atomic E-state index is 13.4. The van der Waals surface area contributed by atoms with E-state index in [0.29, 0.717) is 23.7 Å². The van der Waals surface area contributed by atoms with E-state index in [2.05, 4.69) is 48.1 Å². The van der Waals surface area contributed by atoms with Crippen LogP contribution in [-0.4, -0.2) is 31.4 Å². The zero-order valence-corrected chi connectivity index (χ0v) is 25.0. The predicted molar refractivity (Wildman–Crippen MR) is 147 cm³/mol. The Morgan fingerprint density at radius 3 is 2.13 bits per heavy atom. The summed E-state index contributed by atoms with van der Waals surface area (Å²) < 4.78 is 11.4. The molecule has 5 aliphatic carbocycles. The molecule has 11 unspecified atom stereocenters. The lowest BCUT2D eigenvalue weighted by Gasteiger charge is -2.70. The zero-order valence-electron chi connectivity index (χ0n) is 25.0. The number of ether oxygens (including phenoxy) is 2. The van der Waals surface area contributed by atoms with E-state index in [9.17, 15) is 14.4 Å². The van der Waals surface area contributed by atoms with Crippen LogP contribution in [-0.2, 0) is 23.9 Å². The summed E-state index contributed by atoms with van der Waals surface area (Å²) in [5, 5.41) is 0. The highest BCUT2D eigenvalue weighted by molar-refractivity contribution is 5.78. The van der Waals surface area contributed by atoms with Crippen LogP contribution in [0.2, 0.25) is 0 Å². The maximum Gasteiger partial charge on any atom is 0.312 e. The molecule has 0 bridgehead atoms. The molecule has 5 nitrogen and oxygen atoms in total. The summed E-state index contributed by atoms with van der Waals surface area (Å²) in [6.45, 7) is 19.8.